The minimum Gasteiger partial charge on any atom is -0.370 e. The highest BCUT2D eigenvalue weighted by atomic mass is 16.1. The number of unbranched alkanes of at least 4 members (excludes halogenated alkanes) is 1. The largest absolute Gasteiger partial charge is 0.370 e. The van der Waals surface area contributed by atoms with Crippen molar-refractivity contribution in [3.63, 3.8) is 0 Å². The fourth-order valence-corrected chi connectivity index (χ4v) is 1.86. The average Bonchev–Trinajstić information content (AvgIpc) is 2.43. The van der Waals surface area contributed by atoms with Crippen molar-refractivity contribution < 1.29 is 4.79 Å². The molecule has 0 aliphatic carbocycles. The summed E-state index contributed by atoms with van der Waals surface area (Å²) in [5, 5.41) is 6.12. The molecule has 1 amide bonds. The zero-order valence-corrected chi connectivity index (χ0v) is 13.6. The normalized spacial score (nSPS) is 10.7. The van der Waals surface area contributed by atoms with E-state index < -0.39 is 0 Å². The van der Waals surface area contributed by atoms with Gasteiger partial charge in [-0.3, -0.25) is 4.79 Å². The monoisotopic (exact) mass is 293 g/mol. The summed E-state index contributed by atoms with van der Waals surface area (Å²) in [6.45, 7) is 6.40. The number of nitrogens with one attached hydrogen (secondary N) is 2. The van der Waals surface area contributed by atoms with Crippen molar-refractivity contribution in [2.75, 3.05) is 39.0 Å². The summed E-state index contributed by atoms with van der Waals surface area (Å²) in [7, 11) is 4.04. The molecule has 0 aromatic carbocycles. The molecule has 0 radical (unpaired) electrons. The van der Waals surface area contributed by atoms with Gasteiger partial charge in [0.05, 0.1) is 0 Å². The van der Waals surface area contributed by atoms with Crippen molar-refractivity contribution in [3.05, 3.63) is 17.6 Å². The molecule has 1 heterocycles. The second kappa shape index (κ2) is 9.28. The predicted molar refractivity (Wildman–Crippen MR) is 85.7 cm³/mol. The lowest BCUT2D eigenvalue weighted by molar-refractivity contribution is 0.0947. The topological polar surface area (TPSA) is 70.2 Å². The van der Waals surface area contributed by atoms with Gasteiger partial charge in [-0.25, -0.2) is 9.97 Å². The molecule has 1 aromatic heterocycles. The lowest BCUT2D eigenvalue weighted by Crippen LogP contribution is -2.28. The van der Waals surface area contributed by atoms with Crippen LogP contribution >= 0.6 is 0 Å². The Morgan fingerprint density at radius 2 is 2.00 bits per heavy atom. The van der Waals surface area contributed by atoms with Crippen LogP contribution in [-0.4, -0.2) is 54.5 Å². The standard InChI is InChI=1S/C15H27N5O/c1-5-6-8-16-14-11-13(18-12(2)19-14)15(21)17-9-7-10-20(3)4/h11H,5-10H2,1-4H3,(H,17,21)(H,16,18,19). The first-order chi connectivity index (χ1) is 10.0. The molecule has 2 N–H and O–H groups in total. The van der Waals surface area contributed by atoms with Crippen molar-refractivity contribution in [2.24, 2.45) is 0 Å². The van der Waals surface area contributed by atoms with Gasteiger partial charge in [-0.2, -0.15) is 0 Å². The van der Waals surface area contributed by atoms with Gasteiger partial charge in [0.25, 0.3) is 5.91 Å². The lowest BCUT2D eigenvalue weighted by Gasteiger charge is -2.11. The van der Waals surface area contributed by atoms with Crippen LogP contribution in [0.3, 0.4) is 0 Å². The van der Waals surface area contributed by atoms with E-state index in [1.54, 1.807) is 13.0 Å². The first kappa shape index (κ1) is 17.4. The molecule has 6 nitrogen and oxygen atoms in total. The molecule has 0 fully saturated rings. The van der Waals surface area contributed by atoms with E-state index in [1.807, 2.05) is 14.1 Å². The van der Waals surface area contributed by atoms with Crippen LogP contribution in [-0.2, 0) is 0 Å². The first-order valence-electron chi connectivity index (χ1n) is 7.55. The Morgan fingerprint density at radius 1 is 1.24 bits per heavy atom. The summed E-state index contributed by atoms with van der Waals surface area (Å²) in [6.07, 6.45) is 3.12. The minimum absolute atomic E-state index is 0.141. The highest BCUT2D eigenvalue weighted by Crippen LogP contribution is 2.07. The third kappa shape index (κ3) is 7.04. The van der Waals surface area contributed by atoms with E-state index in [0.29, 0.717) is 18.1 Å². The van der Waals surface area contributed by atoms with Gasteiger partial charge in [0, 0.05) is 19.2 Å². The molecular formula is C15H27N5O. The predicted octanol–water partition coefficient (Wildman–Crippen LogP) is 1.68. The summed E-state index contributed by atoms with van der Waals surface area (Å²) in [6, 6.07) is 1.71. The Balaban J connectivity index is 2.54. The van der Waals surface area contributed by atoms with Gasteiger partial charge in [0.2, 0.25) is 0 Å². The molecule has 118 valence electrons. The van der Waals surface area contributed by atoms with E-state index in [-0.39, 0.29) is 5.91 Å². The van der Waals surface area contributed by atoms with Crippen LogP contribution in [0.4, 0.5) is 5.82 Å². The average molecular weight is 293 g/mol. The smallest absolute Gasteiger partial charge is 0.270 e. The van der Waals surface area contributed by atoms with E-state index in [1.165, 1.54) is 0 Å². The van der Waals surface area contributed by atoms with E-state index >= 15 is 0 Å². The van der Waals surface area contributed by atoms with Crippen molar-refractivity contribution >= 4 is 11.7 Å². The maximum Gasteiger partial charge on any atom is 0.270 e. The number of rotatable bonds is 9. The van der Waals surface area contributed by atoms with Gasteiger partial charge >= 0.3 is 0 Å². The summed E-state index contributed by atoms with van der Waals surface area (Å²) in [4.78, 5) is 22.7. The molecule has 1 aromatic rings. The summed E-state index contributed by atoms with van der Waals surface area (Å²) >= 11 is 0. The zero-order chi connectivity index (χ0) is 15.7. The van der Waals surface area contributed by atoms with E-state index in [0.717, 1.165) is 38.2 Å². The van der Waals surface area contributed by atoms with Gasteiger partial charge in [0.15, 0.2) is 0 Å². The van der Waals surface area contributed by atoms with Crippen molar-refractivity contribution in [2.45, 2.75) is 33.1 Å². The molecule has 1 rings (SSSR count). The van der Waals surface area contributed by atoms with Crippen LogP contribution in [0.2, 0.25) is 0 Å². The molecule has 0 unspecified atom stereocenters. The minimum atomic E-state index is -0.141. The van der Waals surface area contributed by atoms with Crippen molar-refractivity contribution in [1.82, 2.24) is 20.2 Å². The SMILES string of the molecule is CCCCNc1cc(C(=O)NCCCN(C)C)nc(C)n1. The van der Waals surface area contributed by atoms with Crippen molar-refractivity contribution in [1.29, 1.82) is 0 Å². The number of amides is 1. The van der Waals surface area contributed by atoms with Crippen LogP contribution < -0.4 is 10.6 Å². The van der Waals surface area contributed by atoms with Crippen LogP contribution in [0.15, 0.2) is 6.07 Å². The molecule has 21 heavy (non-hydrogen) atoms. The van der Waals surface area contributed by atoms with E-state index in [4.69, 9.17) is 0 Å². The molecular weight excluding hydrogens is 266 g/mol. The highest BCUT2D eigenvalue weighted by Gasteiger charge is 2.09. The fourth-order valence-electron chi connectivity index (χ4n) is 1.86. The number of carbonyl (C=O) groups excluding carboxylic acids is 1. The first-order valence-corrected chi connectivity index (χ1v) is 7.55. The van der Waals surface area contributed by atoms with Crippen LogP contribution in [0.5, 0.6) is 0 Å². The van der Waals surface area contributed by atoms with E-state index in [9.17, 15) is 4.79 Å². The fraction of sp³-hybridized carbons (Fsp3) is 0.667. The Hall–Kier alpha value is -1.69. The van der Waals surface area contributed by atoms with Gasteiger partial charge < -0.3 is 15.5 Å². The van der Waals surface area contributed by atoms with Gasteiger partial charge in [-0.15, -0.1) is 0 Å². The molecule has 0 bridgehead atoms. The maximum absolute atomic E-state index is 12.1. The summed E-state index contributed by atoms with van der Waals surface area (Å²) < 4.78 is 0. The number of anilines is 1. The number of nitrogens with zero attached hydrogens (tertiary/aromatic N) is 3. The van der Waals surface area contributed by atoms with Gasteiger partial charge in [-0.1, -0.05) is 13.3 Å². The van der Waals surface area contributed by atoms with Gasteiger partial charge in [-0.05, 0) is 40.4 Å². The maximum atomic E-state index is 12.1. The Labute approximate surface area is 127 Å². The molecule has 0 aliphatic rings. The number of hydrogen-bond donors (Lipinski definition) is 2. The van der Waals surface area contributed by atoms with Crippen LogP contribution in [0, 0.1) is 6.92 Å². The number of carbonyl (C=O) groups is 1. The lowest BCUT2D eigenvalue weighted by atomic mass is 10.3. The number of aryl methyl sites for hydroxylation is 1. The number of hydrogen-bond acceptors (Lipinski definition) is 5. The van der Waals surface area contributed by atoms with E-state index in [2.05, 4.69) is 32.4 Å². The third-order valence-electron chi connectivity index (χ3n) is 2.97. The summed E-state index contributed by atoms with van der Waals surface area (Å²) in [5.74, 6) is 1.18. The Bertz CT molecular complexity index is 448. The zero-order valence-electron chi connectivity index (χ0n) is 13.6. The third-order valence-corrected chi connectivity index (χ3v) is 2.97. The molecule has 0 saturated heterocycles. The molecule has 0 aliphatic heterocycles. The molecule has 6 heteroatoms. The van der Waals surface area contributed by atoms with Crippen LogP contribution in [0.25, 0.3) is 0 Å². The Kier molecular flexibility index (Phi) is 7.68. The Morgan fingerprint density at radius 3 is 2.67 bits per heavy atom. The molecule has 0 saturated carbocycles. The number of aromatic nitrogens is 2. The van der Waals surface area contributed by atoms with Gasteiger partial charge in [0.1, 0.15) is 17.3 Å². The molecule has 0 spiro atoms. The van der Waals surface area contributed by atoms with Crippen LogP contribution in [0.1, 0.15) is 42.5 Å². The quantitative estimate of drug-likeness (QED) is 0.678. The highest BCUT2D eigenvalue weighted by molar-refractivity contribution is 5.92. The van der Waals surface area contributed by atoms with Crippen molar-refractivity contribution in [3.8, 4) is 0 Å². The second-order valence-electron chi connectivity index (χ2n) is 5.38. The molecule has 0 atom stereocenters. The second-order valence-corrected chi connectivity index (χ2v) is 5.38. The summed E-state index contributed by atoms with van der Waals surface area (Å²) in [5.41, 5.74) is 0.423.